The molecule has 0 spiro atoms. The molecule has 28 heavy (non-hydrogen) atoms. The molecular weight excluding hydrogens is 417 g/mol. The number of benzene rings is 2. The Balaban J connectivity index is 1.53. The molecule has 0 saturated carbocycles. The van der Waals surface area contributed by atoms with E-state index in [0.29, 0.717) is 36.2 Å². The molecule has 1 aliphatic rings. The van der Waals surface area contributed by atoms with Crippen molar-refractivity contribution in [1.29, 1.82) is 0 Å². The van der Waals surface area contributed by atoms with Crippen LogP contribution in [0.15, 0.2) is 42.5 Å². The van der Waals surface area contributed by atoms with Gasteiger partial charge in [-0.3, -0.25) is 4.79 Å². The molecule has 0 aliphatic carbocycles. The van der Waals surface area contributed by atoms with Gasteiger partial charge in [0.2, 0.25) is 0 Å². The van der Waals surface area contributed by atoms with Crippen LogP contribution in [0, 0.1) is 6.92 Å². The number of piperazine rings is 1. The number of halogens is 3. The molecule has 1 fully saturated rings. The van der Waals surface area contributed by atoms with Crippen molar-refractivity contribution in [2.24, 2.45) is 0 Å². The molecule has 1 aliphatic heterocycles. The lowest BCUT2D eigenvalue weighted by molar-refractivity contribution is 0.0747. The number of aromatic nitrogens is 1. The molecule has 2 aromatic carbocycles. The van der Waals surface area contributed by atoms with Crippen molar-refractivity contribution >= 4 is 57.4 Å². The van der Waals surface area contributed by atoms with Crippen molar-refractivity contribution in [3.05, 3.63) is 68.7 Å². The minimum atomic E-state index is -0.195. The first-order valence-corrected chi connectivity index (χ1v) is 10.1. The van der Waals surface area contributed by atoms with E-state index in [2.05, 4.69) is 24.0 Å². The summed E-state index contributed by atoms with van der Waals surface area (Å²) in [6.07, 6.45) is 0. The third-order valence-corrected chi connectivity index (χ3v) is 6.18. The van der Waals surface area contributed by atoms with Gasteiger partial charge in [-0.2, -0.15) is 0 Å². The summed E-state index contributed by atoms with van der Waals surface area (Å²) >= 11 is 18.5. The topological polar surface area (TPSA) is 36.4 Å². The minimum Gasteiger partial charge on any atom is -0.353 e. The average Bonchev–Trinajstić information content (AvgIpc) is 2.71. The van der Waals surface area contributed by atoms with E-state index in [-0.39, 0.29) is 16.5 Å². The van der Waals surface area contributed by atoms with Crippen molar-refractivity contribution in [2.45, 2.75) is 6.92 Å². The fourth-order valence-corrected chi connectivity index (χ4v) is 4.20. The van der Waals surface area contributed by atoms with E-state index in [0.717, 1.165) is 16.7 Å². The molecule has 4 nitrogen and oxygen atoms in total. The number of hydrogen-bond acceptors (Lipinski definition) is 3. The Morgan fingerprint density at radius 1 is 0.964 bits per heavy atom. The molecule has 4 rings (SSSR count). The molecule has 144 valence electrons. The van der Waals surface area contributed by atoms with Gasteiger partial charge in [-0.15, -0.1) is 0 Å². The third-order valence-electron chi connectivity index (χ3n) is 5.06. The van der Waals surface area contributed by atoms with Crippen LogP contribution in [0.3, 0.4) is 0 Å². The summed E-state index contributed by atoms with van der Waals surface area (Å²) < 4.78 is 0. The average molecular weight is 435 g/mol. The first-order valence-electron chi connectivity index (χ1n) is 9.00. The molecule has 0 radical (unpaired) electrons. The van der Waals surface area contributed by atoms with E-state index in [1.54, 1.807) is 17.0 Å². The Hall–Kier alpha value is -2.01. The van der Waals surface area contributed by atoms with Gasteiger partial charge in [-0.25, -0.2) is 4.98 Å². The molecule has 1 amide bonds. The van der Waals surface area contributed by atoms with E-state index >= 15 is 0 Å². The third kappa shape index (κ3) is 3.52. The van der Waals surface area contributed by atoms with E-state index in [9.17, 15) is 4.79 Å². The van der Waals surface area contributed by atoms with Crippen molar-refractivity contribution in [2.75, 3.05) is 31.1 Å². The van der Waals surface area contributed by atoms with Gasteiger partial charge in [-0.05, 0) is 36.8 Å². The highest BCUT2D eigenvalue weighted by Crippen LogP contribution is 2.32. The summed E-state index contributed by atoms with van der Waals surface area (Å²) in [5.41, 5.74) is 2.44. The zero-order chi connectivity index (χ0) is 19.8. The van der Waals surface area contributed by atoms with Crippen molar-refractivity contribution < 1.29 is 4.79 Å². The maximum Gasteiger partial charge on any atom is 0.257 e. The SMILES string of the molecule is Cc1cc(N2CCN(C(=O)c3c(Cl)ccc(Cl)c3Cl)CC2)nc2ccccc12. The number of para-hydroxylation sites is 1. The first-order chi connectivity index (χ1) is 13.5. The van der Waals surface area contributed by atoms with Gasteiger partial charge in [-0.1, -0.05) is 53.0 Å². The Kier molecular flexibility index (Phi) is 5.37. The molecule has 1 saturated heterocycles. The van der Waals surface area contributed by atoms with E-state index < -0.39 is 0 Å². The molecule has 1 aromatic heterocycles. The van der Waals surface area contributed by atoms with Crippen LogP contribution in [-0.4, -0.2) is 42.0 Å². The van der Waals surface area contributed by atoms with Crippen LogP contribution in [0.5, 0.6) is 0 Å². The van der Waals surface area contributed by atoms with Gasteiger partial charge in [0, 0.05) is 31.6 Å². The van der Waals surface area contributed by atoms with Crippen molar-refractivity contribution in [3.63, 3.8) is 0 Å². The molecule has 0 N–H and O–H groups in total. The highest BCUT2D eigenvalue weighted by Gasteiger charge is 2.27. The van der Waals surface area contributed by atoms with Crippen LogP contribution in [0.25, 0.3) is 10.9 Å². The zero-order valence-corrected chi connectivity index (χ0v) is 17.5. The van der Waals surface area contributed by atoms with E-state index in [1.165, 1.54) is 5.56 Å². The Morgan fingerprint density at radius 3 is 2.39 bits per heavy atom. The second kappa shape index (κ2) is 7.78. The highest BCUT2D eigenvalue weighted by molar-refractivity contribution is 6.46. The highest BCUT2D eigenvalue weighted by atomic mass is 35.5. The number of carbonyl (C=O) groups is 1. The summed E-state index contributed by atoms with van der Waals surface area (Å²) in [4.78, 5) is 21.7. The van der Waals surface area contributed by atoms with Crippen LogP contribution in [-0.2, 0) is 0 Å². The minimum absolute atomic E-state index is 0.195. The molecule has 2 heterocycles. The normalized spacial score (nSPS) is 14.6. The van der Waals surface area contributed by atoms with Crippen LogP contribution in [0.1, 0.15) is 15.9 Å². The van der Waals surface area contributed by atoms with E-state index in [1.807, 2.05) is 18.2 Å². The van der Waals surface area contributed by atoms with Gasteiger partial charge in [0.25, 0.3) is 5.91 Å². The Bertz CT molecular complexity index is 1060. The number of rotatable bonds is 2. The fraction of sp³-hybridized carbons (Fsp3) is 0.238. The molecule has 7 heteroatoms. The zero-order valence-electron chi connectivity index (χ0n) is 15.3. The number of carbonyl (C=O) groups excluding carboxylic acids is 1. The second-order valence-electron chi connectivity index (χ2n) is 6.81. The lowest BCUT2D eigenvalue weighted by Crippen LogP contribution is -2.49. The van der Waals surface area contributed by atoms with Gasteiger partial charge in [0.05, 0.1) is 26.1 Å². The number of aryl methyl sites for hydroxylation is 1. The maximum absolute atomic E-state index is 12.9. The number of fused-ring (bicyclic) bond motifs is 1. The molecule has 0 unspecified atom stereocenters. The van der Waals surface area contributed by atoms with Gasteiger partial charge in [0.1, 0.15) is 5.82 Å². The van der Waals surface area contributed by atoms with Crippen LogP contribution >= 0.6 is 34.8 Å². The van der Waals surface area contributed by atoms with Gasteiger partial charge < -0.3 is 9.80 Å². The van der Waals surface area contributed by atoms with Crippen LogP contribution in [0.2, 0.25) is 15.1 Å². The summed E-state index contributed by atoms with van der Waals surface area (Å²) in [5, 5.41) is 2.00. The predicted octanol–water partition coefficient (Wildman–Crippen LogP) is 5.47. The smallest absolute Gasteiger partial charge is 0.257 e. The monoisotopic (exact) mass is 433 g/mol. The molecule has 3 aromatic rings. The number of nitrogens with zero attached hydrogens (tertiary/aromatic N) is 3. The molecular formula is C21H18Cl3N3O. The Morgan fingerprint density at radius 2 is 1.64 bits per heavy atom. The number of anilines is 1. The van der Waals surface area contributed by atoms with Crippen LogP contribution in [0.4, 0.5) is 5.82 Å². The first kappa shape index (κ1) is 19.3. The quantitative estimate of drug-likeness (QED) is 0.502. The standard InChI is InChI=1S/C21H18Cl3N3O/c1-13-12-18(25-17-5-3-2-4-14(13)17)26-8-10-27(11-9-26)21(28)19-15(22)6-7-16(23)20(19)24/h2-7,12H,8-11H2,1H3. The lowest BCUT2D eigenvalue weighted by atomic mass is 10.1. The number of hydrogen-bond donors (Lipinski definition) is 0. The maximum atomic E-state index is 12.9. The second-order valence-corrected chi connectivity index (χ2v) is 8.00. The largest absolute Gasteiger partial charge is 0.353 e. The Labute approximate surface area is 178 Å². The summed E-state index contributed by atoms with van der Waals surface area (Å²) in [7, 11) is 0. The van der Waals surface area contributed by atoms with Crippen molar-refractivity contribution in [1.82, 2.24) is 9.88 Å². The van der Waals surface area contributed by atoms with Gasteiger partial charge in [0.15, 0.2) is 0 Å². The molecule has 0 bridgehead atoms. The summed E-state index contributed by atoms with van der Waals surface area (Å²) in [6.45, 7) is 4.59. The number of pyridine rings is 1. The van der Waals surface area contributed by atoms with E-state index in [4.69, 9.17) is 39.8 Å². The molecule has 0 atom stereocenters. The summed E-state index contributed by atoms with van der Waals surface area (Å²) in [5.74, 6) is 0.738. The van der Waals surface area contributed by atoms with Crippen molar-refractivity contribution in [3.8, 4) is 0 Å². The van der Waals surface area contributed by atoms with Gasteiger partial charge >= 0.3 is 0 Å². The van der Waals surface area contributed by atoms with Crippen LogP contribution < -0.4 is 4.90 Å². The lowest BCUT2D eigenvalue weighted by Gasteiger charge is -2.36. The number of amides is 1. The summed E-state index contributed by atoms with van der Waals surface area (Å²) in [6, 6.07) is 13.4. The predicted molar refractivity (Wildman–Crippen MR) is 116 cm³/mol. The fourth-order valence-electron chi connectivity index (χ4n) is 3.51.